The van der Waals surface area contributed by atoms with Crippen LogP contribution < -0.4 is 5.32 Å². The van der Waals surface area contributed by atoms with Gasteiger partial charge in [-0.15, -0.1) is 0 Å². The highest BCUT2D eigenvalue weighted by Gasteiger charge is 2.23. The van der Waals surface area contributed by atoms with Gasteiger partial charge in [0, 0.05) is 19.1 Å². The summed E-state index contributed by atoms with van der Waals surface area (Å²) < 4.78 is 5.11. The molecule has 1 N–H and O–H groups in total. The van der Waals surface area contributed by atoms with Gasteiger partial charge < -0.3 is 15.0 Å². The highest BCUT2D eigenvalue weighted by molar-refractivity contribution is 5.76. The number of carbonyl (C=O) groups is 1. The van der Waals surface area contributed by atoms with Gasteiger partial charge in [0.1, 0.15) is 6.04 Å². The maximum atomic E-state index is 11.9. The Morgan fingerprint density at radius 1 is 1.33 bits per heavy atom. The maximum Gasteiger partial charge on any atom is 0.324 e. The van der Waals surface area contributed by atoms with Crippen molar-refractivity contribution in [2.24, 2.45) is 5.41 Å². The quantitative estimate of drug-likeness (QED) is 0.708. The second-order valence-electron chi connectivity index (χ2n) is 6.38. The van der Waals surface area contributed by atoms with Gasteiger partial charge in [-0.2, -0.15) is 0 Å². The summed E-state index contributed by atoms with van der Waals surface area (Å²) in [5, 5.41) is 3.26. The third kappa shape index (κ3) is 8.48. The Kier molecular flexibility index (Phi) is 7.48. The van der Waals surface area contributed by atoms with Crippen LogP contribution in [0, 0.1) is 5.41 Å². The van der Waals surface area contributed by atoms with Crippen LogP contribution in [-0.4, -0.2) is 49.7 Å². The molecule has 1 unspecified atom stereocenters. The highest BCUT2D eigenvalue weighted by atomic mass is 16.5. The summed E-state index contributed by atoms with van der Waals surface area (Å²) in [6, 6.07) is 0.0137. The molecule has 0 aromatic heterocycles. The molecular weight excluding hydrogens is 228 g/mol. The fourth-order valence-electron chi connectivity index (χ4n) is 2.03. The lowest BCUT2D eigenvalue weighted by atomic mass is 9.96. The normalized spacial score (nSPS) is 14.1. The van der Waals surface area contributed by atoms with Crippen molar-refractivity contribution in [3.8, 4) is 0 Å². The van der Waals surface area contributed by atoms with Crippen LogP contribution in [0.4, 0.5) is 0 Å². The minimum Gasteiger partial charge on any atom is -0.465 e. The van der Waals surface area contributed by atoms with Crippen molar-refractivity contribution in [2.75, 3.05) is 26.7 Å². The van der Waals surface area contributed by atoms with Crippen LogP contribution in [0.3, 0.4) is 0 Å². The number of esters is 1. The van der Waals surface area contributed by atoms with E-state index in [0.717, 1.165) is 6.54 Å². The molecule has 0 saturated carbocycles. The Labute approximate surface area is 112 Å². The first kappa shape index (κ1) is 17.4. The van der Waals surface area contributed by atoms with E-state index < -0.39 is 0 Å². The Balaban J connectivity index is 4.44. The molecule has 0 rings (SSSR count). The van der Waals surface area contributed by atoms with Gasteiger partial charge in [0.2, 0.25) is 0 Å². The van der Waals surface area contributed by atoms with E-state index in [2.05, 4.69) is 31.0 Å². The van der Waals surface area contributed by atoms with E-state index in [9.17, 15) is 4.79 Å². The molecule has 0 fully saturated rings. The van der Waals surface area contributed by atoms with Gasteiger partial charge in [-0.1, -0.05) is 34.6 Å². The number of hydrogen-bond acceptors (Lipinski definition) is 4. The highest BCUT2D eigenvalue weighted by Crippen LogP contribution is 2.14. The van der Waals surface area contributed by atoms with Gasteiger partial charge in [0.25, 0.3) is 0 Å². The zero-order valence-corrected chi connectivity index (χ0v) is 13.0. The molecule has 18 heavy (non-hydrogen) atoms. The Bertz CT molecular complexity index is 247. The Morgan fingerprint density at radius 3 is 2.28 bits per heavy atom. The second kappa shape index (κ2) is 7.74. The molecule has 4 nitrogen and oxygen atoms in total. The van der Waals surface area contributed by atoms with Crippen LogP contribution in [-0.2, 0) is 9.53 Å². The van der Waals surface area contributed by atoms with Crippen molar-refractivity contribution in [1.82, 2.24) is 10.2 Å². The van der Waals surface area contributed by atoms with E-state index in [4.69, 9.17) is 4.74 Å². The fourth-order valence-corrected chi connectivity index (χ4v) is 2.03. The van der Waals surface area contributed by atoms with E-state index in [1.807, 2.05) is 27.8 Å². The van der Waals surface area contributed by atoms with Crippen molar-refractivity contribution < 1.29 is 9.53 Å². The summed E-state index contributed by atoms with van der Waals surface area (Å²) >= 11 is 0. The molecule has 0 aromatic carbocycles. The molecule has 108 valence electrons. The van der Waals surface area contributed by atoms with Crippen molar-refractivity contribution in [2.45, 2.75) is 53.6 Å². The summed E-state index contributed by atoms with van der Waals surface area (Å²) in [6.07, 6.45) is 0. The average Bonchev–Trinajstić information content (AvgIpc) is 2.13. The number of rotatable bonds is 7. The fraction of sp³-hybridized carbons (Fsp3) is 0.929. The lowest BCUT2D eigenvalue weighted by molar-refractivity contribution is -0.146. The van der Waals surface area contributed by atoms with Gasteiger partial charge in [-0.3, -0.25) is 4.79 Å². The molecule has 0 saturated heterocycles. The van der Waals surface area contributed by atoms with E-state index in [0.29, 0.717) is 13.2 Å². The van der Waals surface area contributed by atoms with Crippen LogP contribution in [0.25, 0.3) is 0 Å². The van der Waals surface area contributed by atoms with E-state index in [-0.39, 0.29) is 23.5 Å². The number of nitrogens with one attached hydrogen (secondary N) is 1. The van der Waals surface area contributed by atoms with Gasteiger partial charge in [0.15, 0.2) is 0 Å². The van der Waals surface area contributed by atoms with Crippen LogP contribution in [0.5, 0.6) is 0 Å². The first-order chi connectivity index (χ1) is 8.15. The molecule has 1 atom stereocenters. The minimum atomic E-state index is -0.253. The molecule has 0 bridgehead atoms. The molecule has 0 aliphatic carbocycles. The number of nitrogens with zero attached hydrogens (tertiary/aromatic N) is 1. The monoisotopic (exact) mass is 258 g/mol. The van der Waals surface area contributed by atoms with Crippen molar-refractivity contribution in [1.29, 1.82) is 0 Å². The summed E-state index contributed by atoms with van der Waals surface area (Å²) in [5.74, 6) is -0.160. The maximum absolute atomic E-state index is 11.9. The summed E-state index contributed by atoms with van der Waals surface area (Å²) in [5.41, 5.74) is 0.228. The van der Waals surface area contributed by atoms with Gasteiger partial charge in [0.05, 0.1) is 6.61 Å². The van der Waals surface area contributed by atoms with Crippen LogP contribution >= 0.6 is 0 Å². The van der Waals surface area contributed by atoms with Gasteiger partial charge >= 0.3 is 5.97 Å². The number of ether oxygens (including phenoxy) is 1. The van der Waals surface area contributed by atoms with Crippen LogP contribution in [0.2, 0.25) is 0 Å². The molecule has 0 spiro atoms. The molecular formula is C14H30N2O2. The lowest BCUT2D eigenvalue weighted by Crippen LogP contribution is -2.49. The smallest absolute Gasteiger partial charge is 0.324 e. The molecule has 0 aromatic rings. The molecule has 4 heteroatoms. The third-order valence-corrected chi connectivity index (χ3v) is 2.34. The van der Waals surface area contributed by atoms with Crippen LogP contribution in [0.15, 0.2) is 0 Å². The predicted octanol–water partition coefficient (Wildman–Crippen LogP) is 1.89. The second-order valence-corrected chi connectivity index (χ2v) is 6.38. The van der Waals surface area contributed by atoms with Crippen molar-refractivity contribution >= 4 is 5.97 Å². The molecule has 0 aliphatic heterocycles. The van der Waals surface area contributed by atoms with Crippen LogP contribution in [0.1, 0.15) is 41.5 Å². The largest absolute Gasteiger partial charge is 0.465 e. The van der Waals surface area contributed by atoms with E-state index in [1.54, 1.807) is 0 Å². The first-order valence-corrected chi connectivity index (χ1v) is 6.77. The van der Waals surface area contributed by atoms with Gasteiger partial charge in [-0.25, -0.2) is 0 Å². The number of hydrogen-bond donors (Lipinski definition) is 1. The molecule has 0 aliphatic rings. The topological polar surface area (TPSA) is 41.6 Å². The number of carbonyl (C=O) groups excluding carboxylic acids is 1. The summed E-state index contributed by atoms with van der Waals surface area (Å²) in [7, 11) is 2.04. The van der Waals surface area contributed by atoms with Crippen molar-refractivity contribution in [3.63, 3.8) is 0 Å². The predicted molar refractivity (Wildman–Crippen MR) is 75.6 cm³/mol. The van der Waals surface area contributed by atoms with E-state index >= 15 is 0 Å². The first-order valence-electron chi connectivity index (χ1n) is 6.77. The standard InChI is InChI=1S/C14H30N2O2/c1-8-18-13(17)12(15-11(2)3)9-16(7)10-14(4,5)6/h11-12,15H,8-10H2,1-7H3. The summed E-state index contributed by atoms with van der Waals surface area (Å²) in [4.78, 5) is 14.0. The minimum absolute atomic E-state index is 0.160. The number of likely N-dealkylation sites (N-methyl/N-ethyl adjacent to an activating group) is 1. The Hall–Kier alpha value is -0.610. The average molecular weight is 258 g/mol. The van der Waals surface area contributed by atoms with E-state index in [1.165, 1.54) is 0 Å². The Morgan fingerprint density at radius 2 is 1.89 bits per heavy atom. The molecule has 0 amide bonds. The SMILES string of the molecule is CCOC(=O)C(CN(C)CC(C)(C)C)NC(C)C. The van der Waals surface area contributed by atoms with Gasteiger partial charge in [-0.05, 0) is 19.4 Å². The van der Waals surface area contributed by atoms with Crippen molar-refractivity contribution in [3.05, 3.63) is 0 Å². The lowest BCUT2D eigenvalue weighted by Gasteiger charge is -2.30. The molecule has 0 radical (unpaired) electrons. The third-order valence-electron chi connectivity index (χ3n) is 2.34. The zero-order chi connectivity index (χ0) is 14.3. The molecule has 0 heterocycles. The zero-order valence-electron chi connectivity index (χ0n) is 13.0. The summed E-state index contributed by atoms with van der Waals surface area (Å²) in [6.45, 7) is 14.5.